The molecule has 0 saturated heterocycles. The summed E-state index contributed by atoms with van der Waals surface area (Å²) in [5, 5.41) is 3.91. The Morgan fingerprint density at radius 1 is 1.47 bits per heavy atom. The Morgan fingerprint density at radius 2 is 2.18 bits per heavy atom. The van der Waals surface area contributed by atoms with Gasteiger partial charge in [-0.3, -0.25) is 4.79 Å². The van der Waals surface area contributed by atoms with E-state index in [0.717, 1.165) is 24.2 Å². The van der Waals surface area contributed by atoms with Gasteiger partial charge in [0.25, 0.3) is 0 Å². The van der Waals surface area contributed by atoms with Crippen molar-refractivity contribution in [3.8, 4) is 5.75 Å². The van der Waals surface area contributed by atoms with Crippen molar-refractivity contribution < 1.29 is 9.53 Å². The van der Waals surface area contributed by atoms with Crippen LogP contribution in [0.15, 0.2) is 29.4 Å². The van der Waals surface area contributed by atoms with E-state index in [1.54, 1.807) is 6.21 Å². The predicted octanol–water partition coefficient (Wildman–Crippen LogP) is 1.95. The Balaban J connectivity index is 1.84. The maximum Gasteiger partial charge on any atom is 0.243 e. The van der Waals surface area contributed by atoms with Gasteiger partial charge >= 0.3 is 0 Å². The van der Waals surface area contributed by atoms with Gasteiger partial charge in [-0.1, -0.05) is 0 Å². The van der Waals surface area contributed by atoms with Gasteiger partial charge in [-0.05, 0) is 49.6 Å². The molecule has 1 saturated carbocycles. The van der Waals surface area contributed by atoms with Crippen LogP contribution in [0.1, 0.15) is 25.3 Å². The Kier molecular flexibility index (Phi) is 3.75. The van der Waals surface area contributed by atoms with Crippen molar-refractivity contribution in [3.05, 3.63) is 29.8 Å². The van der Waals surface area contributed by atoms with Gasteiger partial charge in [-0.2, -0.15) is 5.10 Å². The van der Waals surface area contributed by atoms with Gasteiger partial charge in [0.1, 0.15) is 5.75 Å². The van der Waals surface area contributed by atoms with Crippen LogP contribution in [0, 0.1) is 5.92 Å². The first kappa shape index (κ1) is 11.6. The van der Waals surface area contributed by atoms with E-state index in [4.69, 9.17) is 4.74 Å². The summed E-state index contributed by atoms with van der Waals surface area (Å²) in [6.07, 6.45) is 3.62. The summed E-state index contributed by atoms with van der Waals surface area (Å²) in [7, 11) is 0. The second-order valence-electron chi connectivity index (χ2n) is 4.01. The zero-order valence-corrected chi connectivity index (χ0v) is 9.85. The number of carbonyl (C=O) groups excluding carboxylic acids is 1. The third-order valence-corrected chi connectivity index (χ3v) is 2.53. The molecular formula is C13H16N2O2. The highest BCUT2D eigenvalue weighted by atomic mass is 16.5. The Morgan fingerprint density at radius 3 is 2.76 bits per heavy atom. The van der Waals surface area contributed by atoms with E-state index in [9.17, 15) is 4.79 Å². The van der Waals surface area contributed by atoms with E-state index < -0.39 is 0 Å². The first-order chi connectivity index (χ1) is 8.29. The van der Waals surface area contributed by atoms with Gasteiger partial charge in [0, 0.05) is 5.92 Å². The first-order valence-electron chi connectivity index (χ1n) is 5.85. The molecule has 1 aliphatic carbocycles. The lowest BCUT2D eigenvalue weighted by atomic mass is 10.2. The molecular weight excluding hydrogens is 216 g/mol. The molecule has 0 unspecified atom stereocenters. The molecule has 1 N–H and O–H groups in total. The number of amides is 1. The highest BCUT2D eigenvalue weighted by Gasteiger charge is 2.29. The molecule has 0 radical (unpaired) electrons. The van der Waals surface area contributed by atoms with Gasteiger partial charge in [0.15, 0.2) is 0 Å². The molecule has 0 atom stereocenters. The molecule has 1 fully saturated rings. The van der Waals surface area contributed by atoms with E-state index in [0.29, 0.717) is 6.61 Å². The minimum absolute atomic E-state index is 0.0205. The van der Waals surface area contributed by atoms with Gasteiger partial charge in [-0.15, -0.1) is 0 Å². The standard InChI is InChI=1S/C13H16N2O2/c1-2-17-12-7-3-10(4-8-12)9-14-15-13(16)11-5-6-11/h3-4,7-9,11H,2,5-6H2,1H3,(H,15,16)/b14-9-. The van der Waals surface area contributed by atoms with Crippen LogP contribution in [0.4, 0.5) is 0 Å². The molecule has 90 valence electrons. The Bertz CT molecular complexity index is 408. The van der Waals surface area contributed by atoms with Crippen LogP contribution in [-0.2, 0) is 4.79 Å². The summed E-state index contributed by atoms with van der Waals surface area (Å²) in [5.74, 6) is 1.05. The van der Waals surface area contributed by atoms with Gasteiger partial charge < -0.3 is 4.74 Å². The number of benzene rings is 1. The van der Waals surface area contributed by atoms with E-state index in [1.165, 1.54) is 0 Å². The molecule has 1 aromatic rings. The van der Waals surface area contributed by atoms with E-state index in [2.05, 4.69) is 10.5 Å². The summed E-state index contributed by atoms with van der Waals surface area (Å²) >= 11 is 0. The van der Waals surface area contributed by atoms with Crippen LogP contribution in [0.3, 0.4) is 0 Å². The first-order valence-corrected chi connectivity index (χ1v) is 5.85. The van der Waals surface area contributed by atoms with Crippen molar-refractivity contribution in [2.45, 2.75) is 19.8 Å². The average Bonchev–Trinajstić information content (AvgIpc) is 3.15. The van der Waals surface area contributed by atoms with Crippen LogP contribution < -0.4 is 10.2 Å². The van der Waals surface area contributed by atoms with Crippen molar-refractivity contribution >= 4 is 12.1 Å². The Labute approximate surface area is 101 Å². The van der Waals surface area contributed by atoms with Crippen molar-refractivity contribution in [2.24, 2.45) is 11.0 Å². The quantitative estimate of drug-likeness (QED) is 0.623. The lowest BCUT2D eigenvalue weighted by molar-refractivity contribution is -0.122. The largest absolute Gasteiger partial charge is 0.494 e. The summed E-state index contributed by atoms with van der Waals surface area (Å²) in [4.78, 5) is 11.3. The van der Waals surface area contributed by atoms with Crippen molar-refractivity contribution in [1.82, 2.24) is 5.43 Å². The normalized spacial score (nSPS) is 14.9. The molecule has 4 nitrogen and oxygen atoms in total. The molecule has 17 heavy (non-hydrogen) atoms. The number of hydrogen-bond donors (Lipinski definition) is 1. The van der Waals surface area contributed by atoms with Crippen LogP contribution in [0.25, 0.3) is 0 Å². The molecule has 4 heteroatoms. The van der Waals surface area contributed by atoms with Crippen molar-refractivity contribution in [3.63, 3.8) is 0 Å². The molecule has 0 aliphatic heterocycles. The fourth-order valence-electron chi connectivity index (χ4n) is 1.42. The lowest BCUT2D eigenvalue weighted by Gasteiger charge is -2.02. The summed E-state index contributed by atoms with van der Waals surface area (Å²) in [6.45, 7) is 2.60. The van der Waals surface area contributed by atoms with Gasteiger partial charge in [-0.25, -0.2) is 5.43 Å². The van der Waals surface area contributed by atoms with Crippen LogP contribution in [0.5, 0.6) is 5.75 Å². The van der Waals surface area contributed by atoms with Gasteiger partial charge in [0.05, 0.1) is 12.8 Å². The highest BCUT2D eigenvalue weighted by Crippen LogP contribution is 2.28. The van der Waals surface area contributed by atoms with Crippen LogP contribution >= 0.6 is 0 Å². The molecule has 0 spiro atoms. The molecule has 2 rings (SSSR count). The molecule has 1 amide bonds. The summed E-state index contributed by atoms with van der Waals surface area (Å²) in [5.41, 5.74) is 3.47. The smallest absolute Gasteiger partial charge is 0.243 e. The fraction of sp³-hybridized carbons (Fsp3) is 0.385. The molecule has 0 heterocycles. The van der Waals surface area contributed by atoms with Crippen molar-refractivity contribution in [2.75, 3.05) is 6.61 Å². The minimum atomic E-state index is 0.0205. The minimum Gasteiger partial charge on any atom is -0.494 e. The summed E-state index contributed by atoms with van der Waals surface area (Å²) in [6, 6.07) is 7.57. The third-order valence-electron chi connectivity index (χ3n) is 2.53. The summed E-state index contributed by atoms with van der Waals surface area (Å²) < 4.78 is 5.33. The average molecular weight is 232 g/mol. The zero-order chi connectivity index (χ0) is 12.1. The number of carbonyl (C=O) groups is 1. The van der Waals surface area contributed by atoms with E-state index in [1.807, 2.05) is 31.2 Å². The van der Waals surface area contributed by atoms with E-state index >= 15 is 0 Å². The van der Waals surface area contributed by atoms with E-state index in [-0.39, 0.29) is 11.8 Å². The highest BCUT2D eigenvalue weighted by molar-refractivity contribution is 5.84. The topological polar surface area (TPSA) is 50.7 Å². The number of nitrogens with one attached hydrogen (secondary N) is 1. The van der Waals surface area contributed by atoms with Crippen molar-refractivity contribution in [1.29, 1.82) is 0 Å². The second-order valence-corrected chi connectivity index (χ2v) is 4.01. The number of hydrogen-bond acceptors (Lipinski definition) is 3. The lowest BCUT2D eigenvalue weighted by Crippen LogP contribution is -2.18. The fourth-order valence-corrected chi connectivity index (χ4v) is 1.42. The number of hydrazone groups is 1. The van der Waals surface area contributed by atoms with Gasteiger partial charge in [0.2, 0.25) is 5.91 Å². The predicted molar refractivity (Wildman–Crippen MR) is 66.1 cm³/mol. The number of rotatable bonds is 5. The molecule has 0 bridgehead atoms. The Hall–Kier alpha value is -1.84. The SMILES string of the molecule is CCOc1ccc(/C=N\NC(=O)C2CC2)cc1. The molecule has 1 aliphatic rings. The molecule has 1 aromatic carbocycles. The second kappa shape index (κ2) is 5.48. The maximum absolute atomic E-state index is 11.3. The number of ether oxygens (including phenoxy) is 1. The molecule has 0 aromatic heterocycles. The zero-order valence-electron chi connectivity index (χ0n) is 9.85. The van der Waals surface area contributed by atoms with Crippen LogP contribution in [0.2, 0.25) is 0 Å². The van der Waals surface area contributed by atoms with Crippen LogP contribution in [-0.4, -0.2) is 18.7 Å². The maximum atomic E-state index is 11.3. The monoisotopic (exact) mass is 232 g/mol. The third kappa shape index (κ3) is 3.59. The number of nitrogens with zero attached hydrogens (tertiary/aromatic N) is 1.